The van der Waals surface area contributed by atoms with Crippen LogP contribution >= 0.6 is 0 Å². The van der Waals surface area contributed by atoms with Crippen LogP contribution in [0.2, 0.25) is 0 Å². The summed E-state index contributed by atoms with van der Waals surface area (Å²) in [6.07, 6.45) is 1.11. The Labute approximate surface area is 93.7 Å². The minimum Gasteiger partial charge on any atom is -0.661 e. The summed E-state index contributed by atoms with van der Waals surface area (Å²) < 4.78 is 0. The van der Waals surface area contributed by atoms with Gasteiger partial charge in [-0.1, -0.05) is 41.0 Å². The first-order valence-corrected chi connectivity index (χ1v) is 4.92. The monoisotopic (exact) mass is 225 g/mol. The predicted molar refractivity (Wildman–Crippen MR) is 55.9 cm³/mol. The second-order valence-electron chi connectivity index (χ2n) is 3.76. The third kappa shape index (κ3) is 10.4. The third-order valence-corrected chi connectivity index (χ3v) is 1.66. The van der Waals surface area contributed by atoms with Crippen LogP contribution in [-0.2, 0) is 17.1 Å². The van der Waals surface area contributed by atoms with Gasteiger partial charge in [-0.15, -0.1) is 12.1 Å². The molecule has 0 N–H and O–H groups in total. The summed E-state index contributed by atoms with van der Waals surface area (Å²) in [5, 5.41) is 9.03. The second-order valence-corrected chi connectivity index (χ2v) is 3.76. The van der Waals surface area contributed by atoms with Gasteiger partial charge in [-0.3, -0.25) is 0 Å². The van der Waals surface area contributed by atoms with E-state index >= 15 is 0 Å². The minimum absolute atomic E-state index is 0. The fraction of sp³-hybridized carbons (Fsp3) is 1.00. The SMILES string of the molecule is CCC(C[N-]C(C)C)[N-]C(C)C.[Mn+2]. The summed E-state index contributed by atoms with van der Waals surface area (Å²) in [6, 6.07) is 1.33. The van der Waals surface area contributed by atoms with E-state index in [0.29, 0.717) is 18.1 Å². The van der Waals surface area contributed by atoms with Crippen LogP contribution in [0.5, 0.6) is 0 Å². The van der Waals surface area contributed by atoms with E-state index < -0.39 is 0 Å². The molecule has 0 aliphatic carbocycles. The standard InChI is InChI=1S/C10H22N2.Mn/c1-6-10(12-9(4)5)7-11-8(2)3;/h8-10H,6-7H2,1-5H3;/q-2;+2. The fourth-order valence-electron chi connectivity index (χ4n) is 1.04. The topological polar surface area (TPSA) is 28.2 Å². The first kappa shape index (κ1) is 15.9. The van der Waals surface area contributed by atoms with Gasteiger partial charge < -0.3 is 10.6 Å². The van der Waals surface area contributed by atoms with Crippen LogP contribution in [0.3, 0.4) is 0 Å². The molecule has 0 aromatic carbocycles. The van der Waals surface area contributed by atoms with Gasteiger partial charge in [-0.2, -0.15) is 12.6 Å². The molecule has 0 aliphatic rings. The Morgan fingerprint density at radius 2 is 1.54 bits per heavy atom. The van der Waals surface area contributed by atoms with Crippen LogP contribution in [0.4, 0.5) is 0 Å². The molecule has 0 spiro atoms. The quantitative estimate of drug-likeness (QED) is 0.620. The molecule has 79 valence electrons. The van der Waals surface area contributed by atoms with E-state index in [1.165, 1.54) is 0 Å². The van der Waals surface area contributed by atoms with Gasteiger partial charge in [0.1, 0.15) is 0 Å². The molecule has 13 heavy (non-hydrogen) atoms. The van der Waals surface area contributed by atoms with Crippen LogP contribution in [0.1, 0.15) is 41.0 Å². The predicted octanol–water partition coefficient (Wildman–Crippen LogP) is 3.33. The second kappa shape index (κ2) is 9.01. The molecule has 0 amide bonds. The van der Waals surface area contributed by atoms with Crippen LogP contribution < -0.4 is 0 Å². The Hall–Kier alpha value is 0.439. The largest absolute Gasteiger partial charge is 2.00 e. The average molecular weight is 225 g/mol. The van der Waals surface area contributed by atoms with Crippen molar-refractivity contribution in [2.45, 2.75) is 59.2 Å². The summed E-state index contributed by atoms with van der Waals surface area (Å²) in [6.45, 7) is 11.5. The summed E-state index contributed by atoms with van der Waals surface area (Å²) in [7, 11) is 0. The van der Waals surface area contributed by atoms with Crippen LogP contribution in [0.15, 0.2) is 0 Å². The zero-order valence-electron chi connectivity index (χ0n) is 9.42. The van der Waals surface area contributed by atoms with E-state index in [1.807, 2.05) is 0 Å². The Morgan fingerprint density at radius 1 is 1.00 bits per heavy atom. The van der Waals surface area contributed by atoms with Crippen molar-refractivity contribution < 1.29 is 17.1 Å². The number of hydrogen-bond acceptors (Lipinski definition) is 0. The van der Waals surface area contributed by atoms with Gasteiger partial charge in [-0.05, 0) is 0 Å². The molecule has 0 aromatic rings. The molecule has 0 saturated heterocycles. The Balaban J connectivity index is 0. The van der Waals surface area contributed by atoms with Crippen molar-refractivity contribution >= 4 is 0 Å². The van der Waals surface area contributed by atoms with E-state index in [4.69, 9.17) is 0 Å². The number of hydrogen-bond donors (Lipinski definition) is 0. The minimum atomic E-state index is 0. The zero-order chi connectivity index (χ0) is 9.56. The van der Waals surface area contributed by atoms with Crippen molar-refractivity contribution in [2.75, 3.05) is 6.54 Å². The molecule has 2 nitrogen and oxygen atoms in total. The Bertz CT molecular complexity index is 105. The Kier molecular flexibility index (Phi) is 11.0. The van der Waals surface area contributed by atoms with Gasteiger partial charge in [0.25, 0.3) is 0 Å². The average Bonchev–Trinajstić information content (AvgIpc) is 1.97. The van der Waals surface area contributed by atoms with Crippen molar-refractivity contribution in [1.29, 1.82) is 0 Å². The summed E-state index contributed by atoms with van der Waals surface area (Å²) in [5.74, 6) is 0. The molecule has 1 atom stereocenters. The van der Waals surface area contributed by atoms with Gasteiger partial charge in [0, 0.05) is 0 Å². The molecule has 0 saturated carbocycles. The molecule has 0 aliphatic heterocycles. The van der Waals surface area contributed by atoms with Crippen LogP contribution in [0, 0.1) is 0 Å². The van der Waals surface area contributed by atoms with Gasteiger partial charge >= 0.3 is 17.1 Å². The molecule has 0 heterocycles. The molecule has 0 fully saturated rings. The first-order chi connectivity index (χ1) is 5.56. The molecular formula is C10H22MnN2. The van der Waals surface area contributed by atoms with Gasteiger partial charge in [-0.25, -0.2) is 0 Å². The van der Waals surface area contributed by atoms with Crippen molar-refractivity contribution in [1.82, 2.24) is 0 Å². The molecular weight excluding hydrogens is 203 g/mol. The fourth-order valence-corrected chi connectivity index (χ4v) is 1.04. The summed E-state index contributed by atoms with van der Waals surface area (Å²) >= 11 is 0. The van der Waals surface area contributed by atoms with Gasteiger partial charge in [0.05, 0.1) is 0 Å². The van der Waals surface area contributed by atoms with Crippen molar-refractivity contribution in [2.24, 2.45) is 0 Å². The number of nitrogens with zero attached hydrogens (tertiary/aromatic N) is 2. The van der Waals surface area contributed by atoms with E-state index in [-0.39, 0.29) is 17.1 Å². The normalized spacial score (nSPS) is 13.2. The van der Waals surface area contributed by atoms with Crippen molar-refractivity contribution in [3.8, 4) is 0 Å². The summed E-state index contributed by atoms with van der Waals surface area (Å²) in [4.78, 5) is 0. The van der Waals surface area contributed by atoms with E-state index in [0.717, 1.165) is 13.0 Å². The molecule has 0 bridgehead atoms. The maximum absolute atomic E-state index is 4.57. The van der Waals surface area contributed by atoms with Gasteiger partial charge in [0.15, 0.2) is 0 Å². The molecule has 1 radical (unpaired) electrons. The van der Waals surface area contributed by atoms with E-state index in [2.05, 4.69) is 45.3 Å². The van der Waals surface area contributed by atoms with Crippen LogP contribution in [0.25, 0.3) is 10.6 Å². The van der Waals surface area contributed by atoms with E-state index in [1.54, 1.807) is 0 Å². The van der Waals surface area contributed by atoms with E-state index in [9.17, 15) is 0 Å². The summed E-state index contributed by atoms with van der Waals surface area (Å²) in [5.41, 5.74) is 0. The molecule has 0 aromatic heterocycles. The zero-order valence-corrected chi connectivity index (χ0v) is 10.6. The molecule has 1 unspecified atom stereocenters. The van der Waals surface area contributed by atoms with Crippen LogP contribution in [-0.4, -0.2) is 24.7 Å². The molecule has 0 rings (SSSR count). The maximum Gasteiger partial charge on any atom is 2.00 e. The number of rotatable bonds is 6. The third-order valence-electron chi connectivity index (χ3n) is 1.66. The maximum atomic E-state index is 4.57. The smallest absolute Gasteiger partial charge is 0.661 e. The first-order valence-electron chi connectivity index (χ1n) is 4.92. The molecule has 3 heteroatoms. The van der Waals surface area contributed by atoms with Crippen molar-refractivity contribution in [3.63, 3.8) is 0 Å². The van der Waals surface area contributed by atoms with Gasteiger partial charge in [0.2, 0.25) is 0 Å². The Morgan fingerprint density at radius 3 is 1.85 bits per heavy atom. The van der Waals surface area contributed by atoms with Crippen molar-refractivity contribution in [3.05, 3.63) is 10.6 Å².